The second-order valence-electron chi connectivity index (χ2n) is 6.04. The third-order valence-corrected chi connectivity index (χ3v) is 2.98. The van der Waals surface area contributed by atoms with Gasteiger partial charge in [-0.1, -0.05) is 6.07 Å². The van der Waals surface area contributed by atoms with E-state index >= 15 is 0 Å². The first-order valence-electron chi connectivity index (χ1n) is 7.06. The van der Waals surface area contributed by atoms with Crippen LogP contribution in [-0.2, 0) is 4.74 Å². The Morgan fingerprint density at radius 2 is 2.00 bits per heavy atom. The smallest absolute Gasteiger partial charge is 0.412 e. The molecule has 0 unspecified atom stereocenters. The normalized spacial score (nSPS) is 11.1. The molecule has 2 rings (SSSR count). The van der Waals surface area contributed by atoms with Crippen LogP contribution >= 0.6 is 0 Å². The number of nitrogens with one attached hydrogen (secondary N) is 1. The minimum Gasteiger partial charge on any atom is -0.478 e. The lowest BCUT2D eigenvalue weighted by molar-refractivity contribution is 0.0634. The number of benzene rings is 1. The fourth-order valence-electron chi connectivity index (χ4n) is 2.02. The largest absolute Gasteiger partial charge is 0.478 e. The standard InChI is InChI=1S/C16H19N3O4/c1-10-13(14(20)21)9-17-19(10)12-7-5-6-11(8-12)18-15(22)23-16(2,3)4/h5-9H,1-4H3,(H,18,22)(H,20,21). The molecule has 1 aromatic heterocycles. The molecule has 0 saturated carbocycles. The fraction of sp³-hybridized carbons (Fsp3) is 0.312. The van der Waals surface area contributed by atoms with E-state index in [4.69, 9.17) is 9.84 Å². The SMILES string of the molecule is Cc1c(C(=O)O)cnn1-c1cccc(NC(=O)OC(C)(C)C)c1. The highest BCUT2D eigenvalue weighted by Crippen LogP contribution is 2.19. The molecule has 2 aromatic rings. The van der Waals surface area contributed by atoms with Crippen molar-refractivity contribution in [1.82, 2.24) is 9.78 Å². The molecule has 122 valence electrons. The summed E-state index contributed by atoms with van der Waals surface area (Å²) in [7, 11) is 0. The lowest BCUT2D eigenvalue weighted by atomic mass is 10.2. The van der Waals surface area contributed by atoms with Gasteiger partial charge in [-0.25, -0.2) is 14.3 Å². The Bertz CT molecular complexity index is 744. The van der Waals surface area contributed by atoms with Crippen LogP contribution < -0.4 is 5.32 Å². The Labute approximate surface area is 133 Å². The number of hydrogen-bond donors (Lipinski definition) is 2. The van der Waals surface area contributed by atoms with E-state index in [0.717, 1.165) is 0 Å². The quantitative estimate of drug-likeness (QED) is 0.906. The lowest BCUT2D eigenvalue weighted by Crippen LogP contribution is -2.27. The molecule has 1 heterocycles. The summed E-state index contributed by atoms with van der Waals surface area (Å²) >= 11 is 0. The molecule has 0 radical (unpaired) electrons. The topological polar surface area (TPSA) is 93.5 Å². The summed E-state index contributed by atoms with van der Waals surface area (Å²) in [4.78, 5) is 22.9. The van der Waals surface area contributed by atoms with Crippen LogP contribution in [0.3, 0.4) is 0 Å². The number of rotatable bonds is 3. The summed E-state index contributed by atoms with van der Waals surface area (Å²) in [6.45, 7) is 7.01. The molecule has 1 amide bonds. The molecule has 0 aliphatic heterocycles. The van der Waals surface area contributed by atoms with Gasteiger partial charge in [0.1, 0.15) is 11.2 Å². The van der Waals surface area contributed by atoms with E-state index in [0.29, 0.717) is 17.1 Å². The van der Waals surface area contributed by atoms with Crippen molar-refractivity contribution in [3.63, 3.8) is 0 Å². The van der Waals surface area contributed by atoms with E-state index in [9.17, 15) is 9.59 Å². The Hall–Kier alpha value is -2.83. The number of carboxylic acids is 1. The van der Waals surface area contributed by atoms with Gasteiger partial charge in [0.2, 0.25) is 0 Å². The highest BCUT2D eigenvalue weighted by Gasteiger charge is 2.17. The summed E-state index contributed by atoms with van der Waals surface area (Å²) in [5.74, 6) is -1.03. The monoisotopic (exact) mass is 317 g/mol. The van der Waals surface area contributed by atoms with Crippen LogP contribution in [0.1, 0.15) is 36.8 Å². The van der Waals surface area contributed by atoms with Crippen molar-refractivity contribution in [2.45, 2.75) is 33.3 Å². The summed E-state index contributed by atoms with van der Waals surface area (Å²) < 4.78 is 6.70. The van der Waals surface area contributed by atoms with Gasteiger partial charge in [0, 0.05) is 5.69 Å². The minimum absolute atomic E-state index is 0.135. The van der Waals surface area contributed by atoms with Crippen LogP contribution in [0, 0.1) is 6.92 Å². The number of nitrogens with zero attached hydrogens (tertiary/aromatic N) is 2. The van der Waals surface area contributed by atoms with Crippen molar-refractivity contribution in [1.29, 1.82) is 0 Å². The van der Waals surface area contributed by atoms with E-state index in [1.165, 1.54) is 10.9 Å². The Kier molecular flexibility index (Phi) is 4.40. The number of carbonyl (C=O) groups is 2. The molecule has 7 nitrogen and oxygen atoms in total. The third kappa shape index (κ3) is 4.09. The molecule has 1 aromatic carbocycles. The molecule has 7 heteroatoms. The molecule has 23 heavy (non-hydrogen) atoms. The molecule has 2 N–H and O–H groups in total. The van der Waals surface area contributed by atoms with Gasteiger partial charge in [0.25, 0.3) is 0 Å². The van der Waals surface area contributed by atoms with Crippen LogP contribution in [-0.4, -0.2) is 32.6 Å². The van der Waals surface area contributed by atoms with Gasteiger partial charge in [0.15, 0.2) is 0 Å². The number of aromatic carboxylic acids is 1. The highest BCUT2D eigenvalue weighted by molar-refractivity contribution is 5.89. The second-order valence-corrected chi connectivity index (χ2v) is 6.04. The van der Waals surface area contributed by atoms with Crippen LogP contribution in [0.4, 0.5) is 10.5 Å². The van der Waals surface area contributed by atoms with Crippen molar-refractivity contribution in [2.24, 2.45) is 0 Å². The lowest BCUT2D eigenvalue weighted by Gasteiger charge is -2.19. The van der Waals surface area contributed by atoms with Gasteiger partial charge < -0.3 is 9.84 Å². The van der Waals surface area contributed by atoms with Crippen molar-refractivity contribution in [2.75, 3.05) is 5.32 Å². The molecule has 0 atom stereocenters. The zero-order valence-corrected chi connectivity index (χ0v) is 13.5. The van der Waals surface area contributed by atoms with E-state index in [1.54, 1.807) is 52.0 Å². The average Bonchev–Trinajstić information content (AvgIpc) is 2.78. The van der Waals surface area contributed by atoms with E-state index in [2.05, 4.69) is 10.4 Å². The van der Waals surface area contributed by atoms with Gasteiger partial charge in [-0.05, 0) is 45.9 Å². The van der Waals surface area contributed by atoms with Gasteiger partial charge in [-0.2, -0.15) is 5.10 Å². The first-order valence-corrected chi connectivity index (χ1v) is 7.06. The van der Waals surface area contributed by atoms with E-state index < -0.39 is 17.7 Å². The Morgan fingerprint density at radius 1 is 1.30 bits per heavy atom. The molecular weight excluding hydrogens is 298 g/mol. The Balaban J connectivity index is 2.24. The van der Waals surface area contributed by atoms with E-state index in [-0.39, 0.29) is 5.56 Å². The van der Waals surface area contributed by atoms with Crippen molar-refractivity contribution in [3.05, 3.63) is 41.7 Å². The number of carbonyl (C=O) groups excluding carboxylic acids is 1. The molecule has 0 saturated heterocycles. The van der Waals surface area contributed by atoms with E-state index in [1.807, 2.05) is 0 Å². The van der Waals surface area contributed by atoms with Crippen LogP contribution in [0.15, 0.2) is 30.5 Å². The molecule has 0 bridgehead atoms. The first-order chi connectivity index (χ1) is 10.7. The van der Waals surface area contributed by atoms with Gasteiger partial charge >= 0.3 is 12.1 Å². The number of ether oxygens (including phenoxy) is 1. The van der Waals surface area contributed by atoms with Gasteiger partial charge in [-0.3, -0.25) is 5.32 Å². The summed E-state index contributed by atoms with van der Waals surface area (Å²) in [5, 5.41) is 15.8. The maximum atomic E-state index is 11.8. The number of aromatic nitrogens is 2. The molecular formula is C16H19N3O4. The van der Waals surface area contributed by atoms with Crippen LogP contribution in [0.25, 0.3) is 5.69 Å². The first kappa shape index (κ1) is 16.5. The fourth-order valence-corrected chi connectivity index (χ4v) is 2.02. The van der Waals surface area contributed by atoms with Crippen molar-refractivity contribution < 1.29 is 19.4 Å². The third-order valence-electron chi connectivity index (χ3n) is 2.98. The molecule has 0 spiro atoms. The number of amides is 1. The number of anilines is 1. The second kappa shape index (κ2) is 6.12. The predicted molar refractivity (Wildman–Crippen MR) is 85.1 cm³/mol. The summed E-state index contributed by atoms with van der Waals surface area (Å²) in [6.07, 6.45) is 0.740. The van der Waals surface area contributed by atoms with Gasteiger partial charge in [-0.15, -0.1) is 0 Å². The van der Waals surface area contributed by atoms with Crippen molar-refractivity contribution in [3.8, 4) is 5.69 Å². The molecule has 0 aliphatic rings. The van der Waals surface area contributed by atoms with Gasteiger partial charge in [0.05, 0.1) is 17.6 Å². The summed E-state index contributed by atoms with van der Waals surface area (Å²) in [6, 6.07) is 6.91. The summed E-state index contributed by atoms with van der Waals surface area (Å²) in [5.41, 5.74) is 1.23. The molecule has 0 aliphatic carbocycles. The molecule has 0 fully saturated rings. The minimum atomic E-state index is -1.03. The number of carboxylic acid groups (broad SMARTS) is 1. The van der Waals surface area contributed by atoms with Crippen LogP contribution in [0.5, 0.6) is 0 Å². The average molecular weight is 317 g/mol. The number of hydrogen-bond acceptors (Lipinski definition) is 4. The highest BCUT2D eigenvalue weighted by atomic mass is 16.6. The zero-order valence-electron chi connectivity index (χ0n) is 13.5. The van der Waals surface area contributed by atoms with Crippen molar-refractivity contribution >= 4 is 17.7 Å². The Morgan fingerprint density at radius 3 is 2.57 bits per heavy atom. The predicted octanol–water partition coefficient (Wildman–Crippen LogP) is 3.23. The maximum Gasteiger partial charge on any atom is 0.412 e. The zero-order chi connectivity index (χ0) is 17.2. The maximum absolute atomic E-state index is 11.8. The van der Waals surface area contributed by atoms with Crippen LogP contribution in [0.2, 0.25) is 0 Å².